The predicted molar refractivity (Wildman–Crippen MR) is 95.7 cm³/mol. The first kappa shape index (κ1) is 17.1. The van der Waals surface area contributed by atoms with Crippen molar-refractivity contribution in [2.45, 2.75) is 6.54 Å². The molecule has 1 amide bonds. The normalized spacial score (nSPS) is 10.5. The van der Waals surface area contributed by atoms with Crippen molar-refractivity contribution < 1.29 is 4.79 Å². The molecule has 0 aliphatic heterocycles. The minimum Gasteiger partial charge on any atom is -0.348 e. The van der Waals surface area contributed by atoms with Gasteiger partial charge in [0.15, 0.2) is 0 Å². The summed E-state index contributed by atoms with van der Waals surface area (Å²) < 4.78 is 0. The highest BCUT2D eigenvalue weighted by Crippen LogP contribution is 2.22. The molecule has 0 bridgehead atoms. The molecule has 2 N–H and O–H groups in total. The van der Waals surface area contributed by atoms with Gasteiger partial charge in [-0.05, 0) is 35.9 Å². The quantitative estimate of drug-likeness (QED) is 0.734. The lowest BCUT2D eigenvalue weighted by molar-refractivity contribution is 0.0949. The van der Waals surface area contributed by atoms with Crippen molar-refractivity contribution >= 4 is 29.1 Å². The molecule has 0 fully saturated rings. The van der Waals surface area contributed by atoms with Crippen molar-refractivity contribution in [1.29, 1.82) is 0 Å². The van der Waals surface area contributed by atoms with Crippen molar-refractivity contribution in [1.82, 2.24) is 20.5 Å². The number of nitrogens with one attached hydrogen (secondary N) is 2. The average Bonchev–Trinajstić information content (AvgIpc) is 2.63. The lowest BCUT2D eigenvalue weighted by atomic mass is 10.1. The second-order valence-corrected chi connectivity index (χ2v) is 5.98. The number of nitrogens with zero attached hydrogens (tertiary/aromatic N) is 2. The molecule has 2 heterocycles. The summed E-state index contributed by atoms with van der Waals surface area (Å²) in [6, 6.07) is 9.96. The summed E-state index contributed by atoms with van der Waals surface area (Å²) in [5.74, 6) is -0.509. The Hall–Kier alpha value is -2.70. The molecule has 126 valence electrons. The molecule has 2 aromatic heterocycles. The van der Waals surface area contributed by atoms with Gasteiger partial charge in [-0.25, -0.2) is 5.10 Å². The Bertz CT molecular complexity index is 974. The topological polar surface area (TPSA) is 87.7 Å². The molecule has 0 saturated heterocycles. The predicted octanol–water partition coefficient (Wildman–Crippen LogP) is 3.07. The highest BCUT2D eigenvalue weighted by molar-refractivity contribution is 6.42. The molecular formula is C17H12Cl2N4O2. The summed E-state index contributed by atoms with van der Waals surface area (Å²) in [6.07, 6.45) is 3.21. The van der Waals surface area contributed by atoms with E-state index >= 15 is 0 Å². The summed E-state index contributed by atoms with van der Waals surface area (Å²) in [7, 11) is 0. The van der Waals surface area contributed by atoms with Crippen molar-refractivity contribution in [3.63, 3.8) is 0 Å². The minimum atomic E-state index is -0.565. The van der Waals surface area contributed by atoms with Gasteiger partial charge in [0.25, 0.3) is 11.5 Å². The van der Waals surface area contributed by atoms with Gasteiger partial charge in [-0.15, -0.1) is 0 Å². The van der Waals surface area contributed by atoms with Gasteiger partial charge >= 0.3 is 0 Å². The van der Waals surface area contributed by atoms with Gasteiger partial charge in [0.2, 0.25) is 0 Å². The first-order valence-electron chi connectivity index (χ1n) is 7.27. The number of aromatic amines is 1. The Morgan fingerprint density at radius 2 is 1.84 bits per heavy atom. The molecular weight excluding hydrogens is 363 g/mol. The fraction of sp³-hybridized carbons (Fsp3) is 0.0588. The van der Waals surface area contributed by atoms with Crippen LogP contribution in [0.15, 0.2) is 53.6 Å². The molecule has 0 radical (unpaired) electrons. The molecule has 0 atom stereocenters. The maximum atomic E-state index is 12.3. The molecule has 8 heteroatoms. The maximum absolute atomic E-state index is 12.3. The first-order valence-corrected chi connectivity index (χ1v) is 8.02. The van der Waals surface area contributed by atoms with E-state index in [0.29, 0.717) is 15.7 Å². The molecule has 0 unspecified atom stereocenters. The molecule has 0 aliphatic carbocycles. The van der Waals surface area contributed by atoms with Crippen LogP contribution in [0, 0.1) is 0 Å². The molecule has 3 aromatic rings. The number of rotatable bonds is 4. The summed E-state index contributed by atoms with van der Waals surface area (Å²) in [4.78, 5) is 28.2. The van der Waals surface area contributed by atoms with E-state index in [0.717, 1.165) is 11.1 Å². The Kier molecular flexibility index (Phi) is 5.11. The van der Waals surface area contributed by atoms with Crippen LogP contribution in [0.4, 0.5) is 0 Å². The van der Waals surface area contributed by atoms with E-state index in [1.807, 2.05) is 0 Å². The number of pyridine rings is 1. The van der Waals surface area contributed by atoms with Crippen LogP contribution in [0.2, 0.25) is 10.0 Å². The van der Waals surface area contributed by atoms with Gasteiger partial charge in [-0.2, -0.15) is 5.10 Å². The van der Waals surface area contributed by atoms with Gasteiger partial charge in [-0.3, -0.25) is 14.6 Å². The molecule has 0 saturated carbocycles. The molecule has 25 heavy (non-hydrogen) atoms. The van der Waals surface area contributed by atoms with Crippen molar-refractivity contribution in [2.24, 2.45) is 0 Å². The van der Waals surface area contributed by atoms with Crippen molar-refractivity contribution in [2.75, 3.05) is 0 Å². The number of aromatic nitrogens is 3. The van der Waals surface area contributed by atoms with E-state index in [-0.39, 0.29) is 12.1 Å². The summed E-state index contributed by atoms with van der Waals surface area (Å²) in [6.45, 7) is 0.210. The standard InChI is InChI=1S/C17H12Cl2N4O2/c18-13-2-1-10(7-14(13)19)9-21-16(24)12-8-15(22-23-17(12)25)11-3-5-20-6-4-11/h1-8H,9H2,(H,21,24)(H,23,25). The van der Waals surface area contributed by atoms with Gasteiger partial charge in [0.05, 0.1) is 15.7 Å². The number of H-pyrrole nitrogens is 1. The van der Waals surface area contributed by atoms with Gasteiger partial charge < -0.3 is 5.32 Å². The van der Waals surface area contributed by atoms with E-state index < -0.39 is 11.5 Å². The number of halogens is 2. The number of amides is 1. The van der Waals surface area contributed by atoms with Gasteiger partial charge in [-0.1, -0.05) is 29.3 Å². The highest BCUT2D eigenvalue weighted by Gasteiger charge is 2.13. The summed E-state index contributed by atoms with van der Waals surface area (Å²) in [5, 5.41) is 9.80. The zero-order valence-corrected chi connectivity index (χ0v) is 14.3. The number of carbonyl (C=O) groups is 1. The fourth-order valence-electron chi connectivity index (χ4n) is 2.17. The van der Waals surface area contributed by atoms with Crippen LogP contribution >= 0.6 is 23.2 Å². The fourth-order valence-corrected chi connectivity index (χ4v) is 2.49. The SMILES string of the molecule is O=C(NCc1ccc(Cl)c(Cl)c1)c1cc(-c2ccncc2)n[nH]c1=O. The molecule has 6 nitrogen and oxygen atoms in total. The van der Waals surface area contributed by atoms with Crippen molar-refractivity contribution in [3.8, 4) is 11.3 Å². The maximum Gasteiger partial charge on any atom is 0.277 e. The van der Waals surface area contributed by atoms with E-state index in [9.17, 15) is 9.59 Å². The Labute approximate surface area is 152 Å². The lowest BCUT2D eigenvalue weighted by Crippen LogP contribution is -2.29. The van der Waals surface area contributed by atoms with Crippen molar-refractivity contribution in [3.05, 3.63) is 80.3 Å². The summed E-state index contributed by atoms with van der Waals surface area (Å²) >= 11 is 11.8. The highest BCUT2D eigenvalue weighted by atomic mass is 35.5. The number of hydrogen-bond donors (Lipinski definition) is 2. The van der Waals surface area contributed by atoms with E-state index in [2.05, 4.69) is 20.5 Å². The monoisotopic (exact) mass is 374 g/mol. The Balaban J connectivity index is 1.79. The molecule has 0 aliphatic rings. The minimum absolute atomic E-state index is 0.0260. The van der Waals surface area contributed by atoms with Crippen LogP contribution in [0.25, 0.3) is 11.3 Å². The van der Waals surface area contributed by atoms with Gasteiger partial charge in [0.1, 0.15) is 5.56 Å². The third kappa shape index (κ3) is 4.04. The smallest absolute Gasteiger partial charge is 0.277 e. The van der Waals surface area contributed by atoms with Crippen LogP contribution in [0.3, 0.4) is 0 Å². The third-order valence-corrected chi connectivity index (χ3v) is 4.20. The second-order valence-electron chi connectivity index (χ2n) is 5.16. The van der Waals surface area contributed by atoms with Gasteiger partial charge in [0, 0.05) is 24.5 Å². The Morgan fingerprint density at radius 1 is 1.08 bits per heavy atom. The number of benzene rings is 1. The van der Waals surface area contributed by atoms with Crippen LogP contribution in [0.5, 0.6) is 0 Å². The van der Waals surface area contributed by atoms with Crippen LogP contribution in [-0.2, 0) is 6.54 Å². The lowest BCUT2D eigenvalue weighted by Gasteiger charge is -2.07. The molecule has 0 spiro atoms. The first-order chi connectivity index (χ1) is 12.0. The van der Waals surface area contributed by atoms with E-state index in [1.54, 1.807) is 42.7 Å². The van der Waals surface area contributed by atoms with Crippen LogP contribution in [-0.4, -0.2) is 21.1 Å². The number of carbonyl (C=O) groups excluding carboxylic acids is 1. The average molecular weight is 375 g/mol. The molecule has 3 rings (SSSR count). The third-order valence-electron chi connectivity index (χ3n) is 3.46. The largest absolute Gasteiger partial charge is 0.348 e. The zero-order chi connectivity index (χ0) is 17.8. The zero-order valence-electron chi connectivity index (χ0n) is 12.8. The second kappa shape index (κ2) is 7.46. The van der Waals surface area contributed by atoms with E-state index in [4.69, 9.17) is 23.2 Å². The number of hydrogen-bond acceptors (Lipinski definition) is 4. The van der Waals surface area contributed by atoms with Crippen LogP contribution in [0.1, 0.15) is 15.9 Å². The van der Waals surface area contributed by atoms with Crippen LogP contribution < -0.4 is 10.9 Å². The van der Waals surface area contributed by atoms with E-state index in [1.165, 1.54) is 6.07 Å². The molecule has 1 aromatic carbocycles. The Morgan fingerprint density at radius 3 is 2.56 bits per heavy atom. The summed E-state index contributed by atoms with van der Waals surface area (Å²) in [5.41, 5.74) is 1.39.